The minimum absolute atomic E-state index is 0.584. The monoisotopic (exact) mass is 265 g/mol. The smallest absolute Gasteiger partial charge is 0.195 e. The maximum absolute atomic E-state index is 5.37. The van der Waals surface area contributed by atoms with Crippen molar-refractivity contribution in [2.24, 2.45) is 0 Å². The minimum Gasteiger partial charge on any atom is -0.496 e. The van der Waals surface area contributed by atoms with E-state index in [2.05, 4.69) is 10.2 Å². The molecule has 2 aromatic rings. The molecule has 0 fully saturated rings. The largest absolute Gasteiger partial charge is 0.496 e. The first-order valence-electron chi connectivity index (χ1n) is 5.59. The van der Waals surface area contributed by atoms with Gasteiger partial charge in [0.15, 0.2) is 10.6 Å². The molecule has 0 atom stereocenters. The minimum atomic E-state index is 0.584. The van der Waals surface area contributed by atoms with E-state index in [1.54, 1.807) is 14.2 Å². The van der Waals surface area contributed by atoms with Crippen molar-refractivity contribution in [3.05, 3.63) is 23.0 Å². The number of hydrogen-bond acceptors (Lipinski definition) is 4. The van der Waals surface area contributed by atoms with Gasteiger partial charge in [0.25, 0.3) is 0 Å². The third-order valence-corrected chi connectivity index (χ3v) is 3.04. The van der Waals surface area contributed by atoms with Crippen LogP contribution >= 0.6 is 12.2 Å². The predicted octanol–water partition coefficient (Wildman–Crippen LogP) is 2.64. The molecular formula is C12H15N3O2S. The first-order chi connectivity index (χ1) is 8.72. The topological polar surface area (TPSA) is 52.1 Å². The SMILES string of the molecule is CCn1c(-c2c(OC)cccc2OC)n[nH]c1=S. The van der Waals surface area contributed by atoms with E-state index in [4.69, 9.17) is 21.7 Å². The Hall–Kier alpha value is -1.82. The lowest BCUT2D eigenvalue weighted by Crippen LogP contribution is -2.01. The molecule has 0 spiro atoms. The summed E-state index contributed by atoms with van der Waals surface area (Å²) < 4.78 is 13.2. The van der Waals surface area contributed by atoms with Crippen LogP contribution in [0.3, 0.4) is 0 Å². The molecule has 0 bridgehead atoms. The van der Waals surface area contributed by atoms with Crippen molar-refractivity contribution in [1.29, 1.82) is 0 Å². The van der Waals surface area contributed by atoms with Gasteiger partial charge in [-0.25, -0.2) is 0 Å². The van der Waals surface area contributed by atoms with E-state index in [0.717, 1.165) is 17.9 Å². The molecule has 1 N–H and O–H groups in total. The number of aromatic nitrogens is 3. The molecule has 0 unspecified atom stereocenters. The third-order valence-electron chi connectivity index (χ3n) is 2.73. The molecule has 1 heterocycles. The molecule has 1 aromatic carbocycles. The Morgan fingerprint density at radius 1 is 1.28 bits per heavy atom. The van der Waals surface area contributed by atoms with Crippen LogP contribution < -0.4 is 9.47 Å². The lowest BCUT2D eigenvalue weighted by molar-refractivity contribution is 0.396. The van der Waals surface area contributed by atoms with Gasteiger partial charge >= 0.3 is 0 Å². The van der Waals surface area contributed by atoms with Crippen molar-refractivity contribution in [2.75, 3.05) is 14.2 Å². The predicted molar refractivity (Wildman–Crippen MR) is 71.6 cm³/mol. The number of nitrogens with one attached hydrogen (secondary N) is 1. The summed E-state index contributed by atoms with van der Waals surface area (Å²) in [6, 6.07) is 5.61. The number of aromatic amines is 1. The van der Waals surface area contributed by atoms with Gasteiger partial charge in [-0.15, -0.1) is 0 Å². The van der Waals surface area contributed by atoms with Crippen molar-refractivity contribution in [2.45, 2.75) is 13.5 Å². The van der Waals surface area contributed by atoms with Crippen molar-refractivity contribution in [3.8, 4) is 22.9 Å². The number of rotatable bonds is 4. The van der Waals surface area contributed by atoms with Gasteiger partial charge < -0.3 is 14.0 Å². The van der Waals surface area contributed by atoms with Crippen LogP contribution in [0.5, 0.6) is 11.5 Å². The Bertz CT molecular complexity index is 581. The molecule has 5 nitrogen and oxygen atoms in total. The van der Waals surface area contributed by atoms with Gasteiger partial charge in [-0.05, 0) is 31.3 Å². The normalized spacial score (nSPS) is 10.4. The van der Waals surface area contributed by atoms with Crippen LogP contribution in [0.15, 0.2) is 18.2 Å². The molecule has 1 aromatic heterocycles. The zero-order chi connectivity index (χ0) is 13.1. The van der Waals surface area contributed by atoms with Crippen LogP contribution in [-0.4, -0.2) is 29.0 Å². The van der Waals surface area contributed by atoms with Gasteiger partial charge in [-0.1, -0.05) is 6.07 Å². The average molecular weight is 265 g/mol. The molecule has 0 amide bonds. The van der Waals surface area contributed by atoms with Crippen LogP contribution in [0.2, 0.25) is 0 Å². The zero-order valence-corrected chi connectivity index (χ0v) is 11.4. The lowest BCUT2D eigenvalue weighted by Gasteiger charge is -2.12. The van der Waals surface area contributed by atoms with E-state index in [1.807, 2.05) is 29.7 Å². The summed E-state index contributed by atoms with van der Waals surface area (Å²) >= 11 is 5.19. The molecule has 0 aliphatic rings. The number of nitrogens with zero attached hydrogens (tertiary/aromatic N) is 2. The van der Waals surface area contributed by atoms with Crippen molar-refractivity contribution in [3.63, 3.8) is 0 Å². The molecule has 0 aliphatic heterocycles. The molecule has 0 saturated carbocycles. The van der Waals surface area contributed by atoms with Crippen LogP contribution in [0.4, 0.5) is 0 Å². The maximum Gasteiger partial charge on any atom is 0.195 e. The average Bonchev–Trinajstić information content (AvgIpc) is 2.78. The molecule has 0 aliphatic carbocycles. The summed E-state index contributed by atoms with van der Waals surface area (Å²) in [5.41, 5.74) is 0.803. The fourth-order valence-corrected chi connectivity index (χ4v) is 2.13. The highest BCUT2D eigenvalue weighted by Gasteiger charge is 2.17. The highest BCUT2D eigenvalue weighted by atomic mass is 32.1. The standard InChI is InChI=1S/C12H15N3O2S/c1-4-15-11(13-14-12(15)18)10-8(16-2)6-5-7-9(10)17-3/h5-7H,4H2,1-3H3,(H,14,18). The summed E-state index contributed by atoms with van der Waals surface area (Å²) in [6.07, 6.45) is 0. The Morgan fingerprint density at radius 3 is 2.39 bits per heavy atom. The second kappa shape index (κ2) is 5.22. The Labute approximate surface area is 110 Å². The third kappa shape index (κ3) is 1.99. The van der Waals surface area contributed by atoms with Gasteiger partial charge in [-0.2, -0.15) is 5.10 Å². The molecule has 96 valence electrons. The van der Waals surface area contributed by atoms with Crippen molar-refractivity contribution < 1.29 is 9.47 Å². The van der Waals surface area contributed by atoms with E-state index in [-0.39, 0.29) is 0 Å². The van der Waals surface area contributed by atoms with Crippen LogP contribution in [0.25, 0.3) is 11.4 Å². The van der Waals surface area contributed by atoms with Crippen molar-refractivity contribution >= 4 is 12.2 Å². The number of ether oxygens (including phenoxy) is 2. The van der Waals surface area contributed by atoms with Gasteiger partial charge in [0, 0.05) is 6.54 Å². The van der Waals surface area contributed by atoms with E-state index in [0.29, 0.717) is 16.3 Å². The quantitative estimate of drug-likeness (QED) is 0.863. The summed E-state index contributed by atoms with van der Waals surface area (Å²) in [4.78, 5) is 0. The fourth-order valence-electron chi connectivity index (χ4n) is 1.87. The summed E-state index contributed by atoms with van der Waals surface area (Å²) in [7, 11) is 3.24. The summed E-state index contributed by atoms with van der Waals surface area (Å²) in [5.74, 6) is 2.13. The second-order valence-corrected chi connectivity index (χ2v) is 4.02. The van der Waals surface area contributed by atoms with E-state index < -0.39 is 0 Å². The van der Waals surface area contributed by atoms with Gasteiger partial charge in [0.2, 0.25) is 0 Å². The molecule has 6 heteroatoms. The van der Waals surface area contributed by atoms with Crippen molar-refractivity contribution in [1.82, 2.24) is 14.8 Å². The second-order valence-electron chi connectivity index (χ2n) is 3.63. The van der Waals surface area contributed by atoms with Crippen LogP contribution in [0, 0.1) is 4.77 Å². The number of methoxy groups -OCH3 is 2. The molecular weight excluding hydrogens is 250 g/mol. The molecule has 2 rings (SSSR count). The van der Waals surface area contributed by atoms with E-state index in [9.17, 15) is 0 Å². The highest BCUT2D eigenvalue weighted by Crippen LogP contribution is 2.36. The maximum atomic E-state index is 5.37. The van der Waals surface area contributed by atoms with Gasteiger partial charge in [-0.3, -0.25) is 5.10 Å². The number of H-pyrrole nitrogens is 1. The Balaban J connectivity index is 2.72. The first-order valence-corrected chi connectivity index (χ1v) is 6.00. The lowest BCUT2D eigenvalue weighted by atomic mass is 10.1. The Morgan fingerprint density at radius 2 is 1.89 bits per heavy atom. The molecule has 0 radical (unpaired) electrons. The molecule has 0 saturated heterocycles. The van der Waals surface area contributed by atoms with E-state index in [1.165, 1.54) is 0 Å². The van der Waals surface area contributed by atoms with E-state index >= 15 is 0 Å². The fraction of sp³-hybridized carbons (Fsp3) is 0.333. The number of benzene rings is 1. The van der Waals surface area contributed by atoms with Gasteiger partial charge in [0.05, 0.1) is 14.2 Å². The Kier molecular flexibility index (Phi) is 3.66. The number of hydrogen-bond donors (Lipinski definition) is 1. The van der Waals surface area contributed by atoms with Crippen LogP contribution in [0.1, 0.15) is 6.92 Å². The first kappa shape index (κ1) is 12.6. The summed E-state index contributed by atoms with van der Waals surface area (Å²) in [5, 5.41) is 7.05. The van der Waals surface area contributed by atoms with Crippen LogP contribution in [-0.2, 0) is 6.54 Å². The highest BCUT2D eigenvalue weighted by molar-refractivity contribution is 7.71. The van der Waals surface area contributed by atoms with Gasteiger partial charge in [0.1, 0.15) is 17.1 Å². The zero-order valence-electron chi connectivity index (χ0n) is 10.6. The summed E-state index contributed by atoms with van der Waals surface area (Å²) in [6.45, 7) is 2.74. The molecule has 18 heavy (non-hydrogen) atoms.